The van der Waals surface area contributed by atoms with Crippen molar-refractivity contribution in [2.75, 3.05) is 6.54 Å². The summed E-state index contributed by atoms with van der Waals surface area (Å²) in [5, 5.41) is 5.62. The zero-order valence-electron chi connectivity index (χ0n) is 11.6. The van der Waals surface area contributed by atoms with Crippen molar-refractivity contribution in [3.8, 4) is 0 Å². The van der Waals surface area contributed by atoms with Crippen LogP contribution in [-0.4, -0.2) is 30.7 Å². The minimum Gasteiger partial charge on any atom is -0.472 e. The van der Waals surface area contributed by atoms with Gasteiger partial charge in [-0.2, -0.15) is 0 Å². The summed E-state index contributed by atoms with van der Waals surface area (Å²) in [6.45, 7) is 2.50. The molecule has 1 aromatic rings. The molecule has 6 heteroatoms. The monoisotopic (exact) mass is 280 g/mol. The highest BCUT2D eigenvalue weighted by molar-refractivity contribution is 5.88. The van der Waals surface area contributed by atoms with Crippen molar-refractivity contribution in [1.82, 2.24) is 10.6 Å². The van der Waals surface area contributed by atoms with E-state index in [2.05, 4.69) is 10.6 Å². The van der Waals surface area contributed by atoms with E-state index in [1.54, 1.807) is 6.07 Å². The largest absolute Gasteiger partial charge is 0.472 e. The van der Waals surface area contributed by atoms with Gasteiger partial charge in [0.05, 0.1) is 11.8 Å². The highest BCUT2D eigenvalue weighted by Gasteiger charge is 2.25. The Morgan fingerprint density at radius 1 is 1.35 bits per heavy atom. The molecule has 1 aromatic heterocycles. The van der Waals surface area contributed by atoms with Gasteiger partial charge in [-0.05, 0) is 38.7 Å². The van der Waals surface area contributed by atoms with Gasteiger partial charge in [-0.3, -0.25) is 0 Å². The smallest absolute Gasteiger partial charge is 0.341 e. The zero-order valence-corrected chi connectivity index (χ0v) is 11.6. The van der Waals surface area contributed by atoms with E-state index < -0.39 is 0 Å². The molecule has 0 saturated heterocycles. The number of furan rings is 1. The molecule has 1 saturated carbocycles. The van der Waals surface area contributed by atoms with Crippen LogP contribution in [0.2, 0.25) is 0 Å². The van der Waals surface area contributed by atoms with Crippen LogP contribution in [0.3, 0.4) is 0 Å². The van der Waals surface area contributed by atoms with Gasteiger partial charge in [-0.25, -0.2) is 9.59 Å². The second-order valence-electron chi connectivity index (χ2n) is 4.89. The van der Waals surface area contributed by atoms with Gasteiger partial charge >= 0.3 is 12.0 Å². The van der Waals surface area contributed by atoms with Gasteiger partial charge in [0.25, 0.3) is 0 Å². The number of ether oxygens (including phenoxy) is 1. The molecule has 0 aliphatic heterocycles. The molecule has 110 valence electrons. The molecule has 2 amide bonds. The van der Waals surface area contributed by atoms with Crippen LogP contribution in [0.1, 0.15) is 43.0 Å². The number of nitrogens with one attached hydrogen (secondary N) is 2. The van der Waals surface area contributed by atoms with Gasteiger partial charge in [0, 0.05) is 12.6 Å². The maximum absolute atomic E-state index is 11.8. The molecule has 0 atom stereocenters. The van der Waals surface area contributed by atoms with Crippen molar-refractivity contribution in [1.29, 1.82) is 0 Å². The van der Waals surface area contributed by atoms with Crippen molar-refractivity contribution in [2.24, 2.45) is 0 Å². The molecule has 0 bridgehead atoms. The fourth-order valence-corrected chi connectivity index (χ4v) is 2.32. The fraction of sp³-hybridized carbons (Fsp3) is 0.571. The molecule has 20 heavy (non-hydrogen) atoms. The van der Waals surface area contributed by atoms with Gasteiger partial charge < -0.3 is 19.8 Å². The molecule has 2 N–H and O–H groups in total. The van der Waals surface area contributed by atoms with Crippen LogP contribution in [-0.2, 0) is 4.74 Å². The SMILES string of the molecule is CCNC(=O)NC1CCC(OC(=O)c2ccoc2)CC1. The van der Waals surface area contributed by atoms with Crippen LogP contribution in [0.5, 0.6) is 0 Å². The third-order valence-corrected chi connectivity index (χ3v) is 3.38. The number of hydrogen-bond acceptors (Lipinski definition) is 4. The van der Waals surface area contributed by atoms with E-state index in [-0.39, 0.29) is 24.1 Å². The molecule has 0 spiro atoms. The molecule has 2 rings (SSSR count). The standard InChI is InChI=1S/C14H20N2O4/c1-2-15-14(18)16-11-3-5-12(6-4-11)20-13(17)10-7-8-19-9-10/h7-9,11-12H,2-6H2,1H3,(H2,15,16,18). The molecule has 1 heterocycles. The van der Waals surface area contributed by atoms with Crippen LogP contribution in [0, 0.1) is 0 Å². The molecule has 1 aliphatic rings. The lowest BCUT2D eigenvalue weighted by molar-refractivity contribution is 0.0188. The molecular formula is C14H20N2O4. The third kappa shape index (κ3) is 4.01. The zero-order chi connectivity index (χ0) is 14.4. The Hall–Kier alpha value is -1.98. The van der Waals surface area contributed by atoms with E-state index in [1.807, 2.05) is 6.92 Å². The molecule has 0 unspecified atom stereocenters. The van der Waals surface area contributed by atoms with Gasteiger partial charge in [0.1, 0.15) is 12.4 Å². The van der Waals surface area contributed by atoms with Gasteiger partial charge in [0.15, 0.2) is 0 Å². The summed E-state index contributed by atoms with van der Waals surface area (Å²) in [5.74, 6) is -0.348. The van der Waals surface area contributed by atoms with Crippen LogP contribution >= 0.6 is 0 Å². The minimum atomic E-state index is -0.348. The predicted molar refractivity (Wildman–Crippen MR) is 72.4 cm³/mol. The third-order valence-electron chi connectivity index (χ3n) is 3.38. The number of carbonyl (C=O) groups is 2. The number of rotatable bonds is 4. The fourth-order valence-electron chi connectivity index (χ4n) is 2.32. The maximum Gasteiger partial charge on any atom is 0.341 e. The van der Waals surface area contributed by atoms with Gasteiger partial charge in [-0.1, -0.05) is 0 Å². The predicted octanol–water partition coefficient (Wildman–Crippen LogP) is 2.07. The molecule has 6 nitrogen and oxygen atoms in total. The number of esters is 1. The summed E-state index contributed by atoms with van der Waals surface area (Å²) in [5.41, 5.74) is 0.438. The lowest BCUT2D eigenvalue weighted by Crippen LogP contribution is -2.44. The van der Waals surface area contributed by atoms with Crippen LogP contribution in [0.25, 0.3) is 0 Å². The molecule has 1 fully saturated rings. The van der Waals surface area contributed by atoms with Crippen LogP contribution in [0.4, 0.5) is 4.79 Å². The first-order chi connectivity index (χ1) is 9.69. The van der Waals surface area contributed by atoms with E-state index in [1.165, 1.54) is 12.5 Å². The quantitative estimate of drug-likeness (QED) is 0.827. The Bertz CT molecular complexity index is 436. The van der Waals surface area contributed by atoms with E-state index in [4.69, 9.17) is 9.15 Å². The van der Waals surface area contributed by atoms with Crippen molar-refractivity contribution < 1.29 is 18.7 Å². The van der Waals surface area contributed by atoms with Crippen LogP contribution < -0.4 is 10.6 Å². The summed E-state index contributed by atoms with van der Waals surface area (Å²) in [6.07, 6.45) is 5.92. The van der Waals surface area contributed by atoms with Gasteiger partial charge in [-0.15, -0.1) is 0 Å². The Labute approximate surface area is 117 Å². The summed E-state index contributed by atoms with van der Waals surface area (Å²) < 4.78 is 10.3. The van der Waals surface area contributed by atoms with E-state index >= 15 is 0 Å². The normalized spacial score (nSPS) is 22.1. The Balaban J connectivity index is 1.71. The highest BCUT2D eigenvalue weighted by Crippen LogP contribution is 2.22. The number of urea groups is 1. The average molecular weight is 280 g/mol. The molecular weight excluding hydrogens is 260 g/mol. The Morgan fingerprint density at radius 2 is 2.10 bits per heavy atom. The highest BCUT2D eigenvalue weighted by atomic mass is 16.5. The topological polar surface area (TPSA) is 80.6 Å². The van der Waals surface area contributed by atoms with Crippen molar-refractivity contribution >= 4 is 12.0 Å². The minimum absolute atomic E-state index is 0.0790. The van der Waals surface area contributed by atoms with Crippen molar-refractivity contribution in [3.63, 3.8) is 0 Å². The Morgan fingerprint density at radius 3 is 2.70 bits per heavy atom. The number of carbonyl (C=O) groups excluding carboxylic acids is 2. The van der Waals surface area contributed by atoms with Crippen molar-refractivity contribution in [3.05, 3.63) is 24.2 Å². The number of amides is 2. The first-order valence-electron chi connectivity index (χ1n) is 6.96. The maximum atomic E-state index is 11.8. The summed E-state index contributed by atoms with van der Waals surface area (Å²) in [7, 11) is 0. The van der Waals surface area contributed by atoms with E-state index in [0.717, 1.165) is 25.7 Å². The molecule has 1 aliphatic carbocycles. The van der Waals surface area contributed by atoms with Crippen LogP contribution in [0.15, 0.2) is 23.0 Å². The second kappa shape index (κ2) is 6.98. The Kier molecular flexibility index (Phi) is 5.03. The summed E-state index contributed by atoms with van der Waals surface area (Å²) in [6, 6.07) is 1.61. The summed E-state index contributed by atoms with van der Waals surface area (Å²) in [4.78, 5) is 23.2. The summed E-state index contributed by atoms with van der Waals surface area (Å²) >= 11 is 0. The molecule has 0 aromatic carbocycles. The molecule has 0 radical (unpaired) electrons. The van der Waals surface area contributed by atoms with Gasteiger partial charge in [0.2, 0.25) is 0 Å². The first-order valence-corrected chi connectivity index (χ1v) is 6.96. The van der Waals surface area contributed by atoms with Crippen molar-refractivity contribution in [2.45, 2.75) is 44.8 Å². The van der Waals surface area contributed by atoms with E-state index in [0.29, 0.717) is 12.1 Å². The lowest BCUT2D eigenvalue weighted by atomic mass is 9.93. The number of hydrogen-bond donors (Lipinski definition) is 2. The first kappa shape index (κ1) is 14.4. The second-order valence-corrected chi connectivity index (χ2v) is 4.89. The average Bonchev–Trinajstić information content (AvgIpc) is 2.95. The van der Waals surface area contributed by atoms with E-state index in [9.17, 15) is 9.59 Å². The lowest BCUT2D eigenvalue weighted by Gasteiger charge is -2.28.